The summed E-state index contributed by atoms with van der Waals surface area (Å²) in [5.74, 6) is 0. The second-order valence-corrected chi connectivity index (χ2v) is 2.70. The van der Waals surface area contributed by atoms with Crippen LogP contribution in [0.1, 0.15) is 32.6 Å². The van der Waals surface area contributed by atoms with Crippen molar-refractivity contribution in [2.75, 3.05) is 0 Å². The van der Waals surface area contributed by atoms with Gasteiger partial charge in [-0.25, -0.2) is 0 Å². The minimum Gasteiger partial charge on any atom is -0.389 e. The van der Waals surface area contributed by atoms with Gasteiger partial charge in [0.05, 0.1) is 6.10 Å². The van der Waals surface area contributed by atoms with Gasteiger partial charge in [-0.3, -0.25) is 0 Å². The molecule has 0 saturated heterocycles. The Morgan fingerprint density at radius 1 is 1.56 bits per heavy atom. The lowest BCUT2D eigenvalue weighted by Crippen LogP contribution is -2.06. The molecule has 0 fully saturated rings. The maximum atomic E-state index is 9.11. The third-order valence-electron chi connectivity index (χ3n) is 1.86. The number of hydrogen-bond donors (Lipinski definition) is 1. The van der Waals surface area contributed by atoms with Gasteiger partial charge in [-0.2, -0.15) is 0 Å². The molecular weight excluding hydrogens is 112 g/mol. The highest BCUT2D eigenvalue weighted by molar-refractivity contribution is 5.08. The molecule has 1 rings (SSSR count). The number of rotatable bonds is 1. The summed E-state index contributed by atoms with van der Waals surface area (Å²) < 4.78 is 0. The van der Waals surface area contributed by atoms with Gasteiger partial charge in [0, 0.05) is 0 Å². The predicted octanol–water partition coefficient (Wildman–Crippen LogP) is 1.87. The third-order valence-corrected chi connectivity index (χ3v) is 1.86. The Bertz CT molecular complexity index is 114. The fourth-order valence-corrected chi connectivity index (χ4v) is 1.24. The van der Waals surface area contributed by atoms with E-state index < -0.39 is 0 Å². The molecule has 0 spiro atoms. The van der Waals surface area contributed by atoms with E-state index in [1.165, 1.54) is 24.8 Å². The molecule has 0 aromatic heterocycles. The van der Waals surface area contributed by atoms with Gasteiger partial charge in [0.1, 0.15) is 0 Å². The first-order valence-electron chi connectivity index (χ1n) is 3.67. The second kappa shape index (κ2) is 3.02. The monoisotopic (exact) mass is 126 g/mol. The second-order valence-electron chi connectivity index (χ2n) is 2.70. The SMILES string of the molecule is CC(O)C1=CCCCC1. The molecule has 0 saturated carbocycles. The Morgan fingerprint density at radius 2 is 2.33 bits per heavy atom. The molecule has 52 valence electrons. The molecule has 1 aliphatic carbocycles. The summed E-state index contributed by atoms with van der Waals surface area (Å²) >= 11 is 0. The van der Waals surface area contributed by atoms with E-state index in [-0.39, 0.29) is 6.10 Å². The van der Waals surface area contributed by atoms with Gasteiger partial charge in [-0.15, -0.1) is 0 Å². The van der Waals surface area contributed by atoms with Crippen molar-refractivity contribution >= 4 is 0 Å². The fourth-order valence-electron chi connectivity index (χ4n) is 1.24. The molecule has 0 radical (unpaired) electrons. The van der Waals surface area contributed by atoms with E-state index in [0.717, 1.165) is 6.42 Å². The maximum Gasteiger partial charge on any atom is 0.0721 e. The molecule has 1 atom stereocenters. The van der Waals surface area contributed by atoms with Crippen LogP contribution in [0.4, 0.5) is 0 Å². The summed E-state index contributed by atoms with van der Waals surface area (Å²) in [5, 5.41) is 9.11. The summed E-state index contributed by atoms with van der Waals surface area (Å²) in [6, 6.07) is 0. The van der Waals surface area contributed by atoms with Crippen LogP contribution in [0, 0.1) is 0 Å². The van der Waals surface area contributed by atoms with Crippen molar-refractivity contribution in [2.24, 2.45) is 0 Å². The van der Waals surface area contributed by atoms with Crippen LogP contribution in [0.5, 0.6) is 0 Å². The average molecular weight is 126 g/mol. The molecule has 1 unspecified atom stereocenters. The van der Waals surface area contributed by atoms with Crippen LogP contribution < -0.4 is 0 Å². The van der Waals surface area contributed by atoms with Crippen LogP contribution in [0.3, 0.4) is 0 Å². The van der Waals surface area contributed by atoms with Crippen LogP contribution in [-0.4, -0.2) is 11.2 Å². The van der Waals surface area contributed by atoms with Crippen molar-refractivity contribution in [3.05, 3.63) is 11.6 Å². The minimum atomic E-state index is -0.203. The molecule has 0 aromatic rings. The molecule has 1 nitrogen and oxygen atoms in total. The van der Waals surface area contributed by atoms with E-state index in [9.17, 15) is 0 Å². The molecule has 1 N–H and O–H groups in total. The molecule has 0 amide bonds. The van der Waals surface area contributed by atoms with Gasteiger partial charge in [0.25, 0.3) is 0 Å². The molecule has 0 aliphatic heterocycles. The number of aliphatic hydroxyl groups is 1. The van der Waals surface area contributed by atoms with Crippen molar-refractivity contribution in [3.8, 4) is 0 Å². The minimum absolute atomic E-state index is 0.203. The van der Waals surface area contributed by atoms with E-state index in [1.807, 2.05) is 6.92 Å². The highest BCUT2D eigenvalue weighted by atomic mass is 16.3. The maximum absolute atomic E-state index is 9.11. The van der Waals surface area contributed by atoms with Crippen molar-refractivity contribution in [1.29, 1.82) is 0 Å². The van der Waals surface area contributed by atoms with Gasteiger partial charge >= 0.3 is 0 Å². The van der Waals surface area contributed by atoms with Crippen LogP contribution in [0.25, 0.3) is 0 Å². The molecule has 1 aliphatic rings. The fraction of sp³-hybridized carbons (Fsp3) is 0.750. The topological polar surface area (TPSA) is 20.2 Å². The van der Waals surface area contributed by atoms with Gasteiger partial charge in [0.2, 0.25) is 0 Å². The Balaban J connectivity index is 2.46. The van der Waals surface area contributed by atoms with Gasteiger partial charge in [-0.05, 0) is 38.2 Å². The van der Waals surface area contributed by atoms with Crippen LogP contribution in [0.15, 0.2) is 11.6 Å². The standard InChI is InChI=1S/C8H14O/c1-7(9)8-5-3-2-4-6-8/h5,7,9H,2-4,6H2,1H3. The lowest BCUT2D eigenvalue weighted by Gasteiger charge is -2.14. The van der Waals surface area contributed by atoms with E-state index in [2.05, 4.69) is 6.08 Å². The van der Waals surface area contributed by atoms with Crippen LogP contribution in [-0.2, 0) is 0 Å². The van der Waals surface area contributed by atoms with Gasteiger partial charge in [-0.1, -0.05) is 6.08 Å². The van der Waals surface area contributed by atoms with Crippen molar-refractivity contribution in [1.82, 2.24) is 0 Å². The smallest absolute Gasteiger partial charge is 0.0721 e. The largest absolute Gasteiger partial charge is 0.389 e. The molecule has 9 heavy (non-hydrogen) atoms. The Labute approximate surface area is 56.4 Å². The first-order valence-corrected chi connectivity index (χ1v) is 3.67. The van der Waals surface area contributed by atoms with Crippen molar-refractivity contribution in [3.63, 3.8) is 0 Å². The summed E-state index contributed by atoms with van der Waals surface area (Å²) in [6.45, 7) is 1.84. The summed E-state index contributed by atoms with van der Waals surface area (Å²) in [4.78, 5) is 0. The highest BCUT2D eigenvalue weighted by Crippen LogP contribution is 2.19. The molecule has 1 heteroatoms. The summed E-state index contributed by atoms with van der Waals surface area (Å²) in [5.41, 5.74) is 1.24. The lowest BCUT2D eigenvalue weighted by molar-refractivity contribution is 0.224. The lowest BCUT2D eigenvalue weighted by atomic mass is 9.96. The zero-order valence-corrected chi connectivity index (χ0v) is 5.93. The van der Waals surface area contributed by atoms with Crippen LogP contribution >= 0.6 is 0 Å². The normalized spacial score (nSPS) is 23.1. The molecular formula is C8H14O. The average Bonchev–Trinajstić information content (AvgIpc) is 1.90. The third kappa shape index (κ3) is 1.83. The number of aliphatic hydroxyl groups excluding tert-OH is 1. The van der Waals surface area contributed by atoms with Crippen LogP contribution in [0.2, 0.25) is 0 Å². The predicted molar refractivity (Wildman–Crippen MR) is 38.2 cm³/mol. The zero-order chi connectivity index (χ0) is 6.69. The Morgan fingerprint density at radius 3 is 2.67 bits per heavy atom. The highest BCUT2D eigenvalue weighted by Gasteiger charge is 2.06. The van der Waals surface area contributed by atoms with E-state index in [4.69, 9.17) is 5.11 Å². The van der Waals surface area contributed by atoms with Crippen molar-refractivity contribution in [2.45, 2.75) is 38.7 Å². The number of allylic oxidation sites excluding steroid dienone is 1. The molecule has 0 bridgehead atoms. The first-order chi connectivity index (χ1) is 4.30. The quantitative estimate of drug-likeness (QED) is 0.532. The van der Waals surface area contributed by atoms with E-state index in [0.29, 0.717) is 0 Å². The zero-order valence-electron chi connectivity index (χ0n) is 5.93. The number of hydrogen-bond acceptors (Lipinski definition) is 1. The van der Waals surface area contributed by atoms with E-state index >= 15 is 0 Å². The van der Waals surface area contributed by atoms with Gasteiger partial charge in [0.15, 0.2) is 0 Å². The molecule has 0 aromatic carbocycles. The summed E-state index contributed by atoms with van der Waals surface area (Å²) in [7, 11) is 0. The first kappa shape index (κ1) is 6.81. The summed E-state index contributed by atoms with van der Waals surface area (Å²) in [6.07, 6.45) is 6.81. The van der Waals surface area contributed by atoms with Gasteiger partial charge < -0.3 is 5.11 Å². The Hall–Kier alpha value is -0.300. The van der Waals surface area contributed by atoms with Crippen molar-refractivity contribution < 1.29 is 5.11 Å². The molecule has 0 heterocycles. The van der Waals surface area contributed by atoms with E-state index in [1.54, 1.807) is 0 Å². The Kier molecular flexibility index (Phi) is 2.29.